The molecule has 0 radical (unpaired) electrons. The fourth-order valence-corrected chi connectivity index (χ4v) is 2.96. The summed E-state index contributed by atoms with van der Waals surface area (Å²) in [5.41, 5.74) is 1.17. The fourth-order valence-electron chi connectivity index (χ4n) is 2.14. The van der Waals surface area contributed by atoms with E-state index in [0.29, 0.717) is 5.56 Å². The second-order valence-electron chi connectivity index (χ2n) is 4.77. The second-order valence-corrected chi connectivity index (χ2v) is 5.77. The Morgan fingerprint density at radius 3 is 2.41 bits per heavy atom. The van der Waals surface area contributed by atoms with Gasteiger partial charge in [0.05, 0.1) is 11.4 Å². The zero-order valence-electron chi connectivity index (χ0n) is 11.5. The van der Waals surface area contributed by atoms with Crippen molar-refractivity contribution in [1.29, 1.82) is 0 Å². The van der Waals surface area contributed by atoms with Gasteiger partial charge in [0.1, 0.15) is 5.82 Å². The van der Waals surface area contributed by atoms with E-state index < -0.39 is 5.82 Å². The molecule has 1 aliphatic heterocycles. The van der Waals surface area contributed by atoms with Crippen LogP contribution in [0.4, 0.5) is 9.18 Å². The fraction of sp³-hybridized carbons (Fsp3) is 0.0588. The summed E-state index contributed by atoms with van der Waals surface area (Å²) >= 11 is 0.836. The van der Waals surface area contributed by atoms with E-state index in [9.17, 15) is 14.0 Å². The number of thioether (sulfide) groups is 1. The molecule has 0 saturated carbocycles. The Morgan fingerprint density at radius 1 is 1.00 bits per heavy atom. The Bertz CT molecular complexity index is 758. The maximum atomic E-state index is 13.6. The lowest BCUT2D eigenvalue weighted by molar-refractivity contribution is -0.123. The summed E-state index contributed by atoms with van der Waals surface area (Å²) in [7, 11) is 0. The molecule has 3 rings (SSSR count). The van der Waals surface area contributed by atoms with Crippen molar-refractivity contribution in [1.82, 2.24) is 4.90 Å². The van der Waals surface area contributed by atoms with Crippen LogP contribution in [-0.2, 0) is 11.3 Å². The van der Waals surface area contributed by atoms with Crippen molar-refractivity contribution in [3.8, 4) is 0 Å². The molecule has 0 N–H and O–H groups in total. The maximum Gasteiger partial charge on any atom is 0.293 e. The second kappa shape index (κ2) is 6.15. The van der Waals surface area contributed by atoms with Gasteiger partial charge in [0.25, 0.3) is 11.1 Å². The SMILES string of the molecule is O=C1SC(=Cc2ccccc2F)C(=O)N1Cc1ccccc1. The number of imide groups is 1. The lowest BCUT2D eigenvalue weighted by Gasteiger charge is -2.12. The Labute approximate surface area is 131 Å². The Hall–Kier alpha value is -2.40. The molecule has 5 heteroatoms. The van der Waals surface area contributed by atoms with Crippen molar-refractivity contribution < 1.29 is 14.0 Å². The molecular weight excluding hydrogens is 301 g/mol. The highest BCUT2D eigenvalue weighted by molar-refractivity contribution is 8.18. The molecule has 2 amide bonds. The highest BCUT2D eigenvalue weighted by atomic mass is 32.2. The highest BCUT2D eigenvalue weighted by Crippen LogP contribution is 2.33. The number of halogens is 1. The van der Waals surface area contributed by atoms with E-state index in [0.717, 1.165) is 17.3 Å². The van der Waals surface area contributed by atoms with E-state index in [1.54, 1.807) is 18.2 Å². The number of carbonyl (C=O) groups excluding carboxylic acids is 2. The van der Waals surface area contributed by atoms with Crippen molar-refractivity contribution in [3.63, 3.8) is 0 Å². The molecule has 0 bridgehead atoms. The van der Waals surface area contributed by atoms with E-state index in [-0.39, 0.29) is 22.6 Å². The average Bonchev–Trinajstić information content (AvgIpc) is 2.78. The number of hydrogen-bond donors (Lipinski definition) is 0. The average molecular weight is 313 g/mol. The van der Waals surface area contributed by atoms with Crippen LogP contribution in [0.2, 0.25) is 0 Å². The first-order valence-electron chi connectivity index (χ1n) is 6.69. The molecule has 0 atom stereocenters. The Balaban J connectivity index is 1.84. The van der Waals surface area contributed by atoms with E-state index in [2.05, 4.69) is 0 Å². The highest BCUT2D eigenvalue weighted by Gasteiger charge is 2.35. The first kappa shape index (κ1) is 14.5. The normalized spacial score (nSPS) is 16.6. The summed E-state index contributed by atoms with van der Waals surface area (Å²) in [6, 6.07) is 15.4. The molecular formula is C17H12FNO2S. The third-order valence-corrected chi connectivity index (χ3v) is 4.16. The zero-order valence-corrected chi connectivity index (χ0v) is 12.3. The monoisotopic (exact) mass is 313 g/mol. The minimum Gasteiger partial charge on any atom is -0.268 e. The predicted molar refractivity (Wildman–Crippen MR) is 84.4 cm³/mol. The van der Waals surface area contributed by atoms with E-state index in [4.69, 9.17) is 0 Å². The van der Waals surface area contributed by atoms with Gasteiger partial charge in [0.2, 0.25) is 0 Å². The number of rotatable bonds is 3. The summed E-state index contributed by atoms with van der Waals surface area (Å²) in [5.74, 6) is -0.806. The van der Waals surface area contributed by atoms with Crippen molar-refractivity contribution in [2.24, 2.45) is 0 Å². The maximum absolute atomic E-state index is 13.6. The van der Waals surface area contributed by atoms with Gasteiger partial charge >= 0.3 is 0 Å². The summed E-state index contributed by atoms with van der Waals surface area (Å²) in [6.45, 7) is 0.222. The summed E-state index contributed by atoms with van der Waals surface area (Å²) in [4.78, 5) is 25.8. The number of amides is 2. The molecule has 1 heterocycles. The minimum absolute atomic E-state index is 0.222. The lowest BCUT2D eigenvalue weighted by atomic mass is 10.2. The number of hydrogen-bond acceptors (Lipinski definition) is 3. The van der Waals surface area contributed by atoms with Crippen LogP contribution in [-0.4, -0.2) is 16.0 Å². The third kappa shape index (κ3) is 2.94. The van der Waals surface area contributed by atoms with Crippen molar-refractivity contribution in [2.75, 3.05) is 0 Å². The van der Waals surface area contributed by atoms with Gasteiger partial charge in [-0.2, -0.15) is 0 Å². The predicted octanol–water partition coefficient (Wildman–Crippen LogP) is 4.06. The molecule has 2 aromatic rings. The molecule has 0 spiro atoms. The van der Waals surface area contributed by atoms with E-state index in [1.165, 1.54) is 17.0 Å². The Kier molecular flexibility index (Phi) is 4.06. The number of benzene rings is 2. The molecule has 2 aromatic carbocycles. The molecule has 110 valence electrons. The minimum atomic E-state index is -0.419. The molecule has 22 heavy (non-hydrogen) atoms. The molecule has 1 fully saturated rings. The molecule has 1 saturated heterocycles. The molecule has 0 aromatic heterocycles. The van der Waals surface area contributed by atoms with Crippen LogP contribution in [0.5, 0.6) is 0 Å². The zero-order chi connectivity index (χ0) is 15.5. The first-order chi connectivity index (χ1) is 10.6. The van der Waals surface area contributed by atoms with Crippen LogP contribution in [0.15, 0.2) is 59.5 Å². The van der Waals surface area contributed by atoms with Gasteiger partial charge < -0.3 is 0 Å². The lowest BCUT2D eigenvalue weighted by Crippen LogP contribution is -2.27. The molecule has 0 aliphatic carbocycles. The van der Waals surface area contributed by atoms with Gasteiger partial charge in [-0.1, -0.05) is 48.5 Å². The van der Waals surface area contributed by atoms with Crippen molar-refractivity contribution in [2.45, 2.75) is 6.54 Å². The van der Waals surface area contributed by atoms with Crippen molar-refractivity contribution >= 4 is 29.0 Å². The standard InChI is InChI=1S/C17H12FNO2S/c18-14-9-5-4-8-13(14)10-15-16(20)19(17(21)22-15)11-12-6-2-1-3-7-12/h1-10H,11H2. The van der Waals surface area contributed by atoms with Crippen molar-refractivity contribution in [3.05, 3.63) is 76.4 Å². The van der Waals surface area contributed by atoms with Gasteiger partial charge in [-0.25, -0.2) is 4.39 Å². The molecule has 0 unspecified atom stereocenters. The third-order valence-electron chi connectivity index (χ3n) is 3.25. The smallest absolute Gasteiger partial charge is 0.268 e. The summed E-state index contributed by atoms with van der Waals surface area (Å²) in [6.07, 6.45) is 1.42. The largest absolute Gasteiger partial charge is 0.293 e. The summed E-state index contributed by atoms with van der Waals surface area (Å²) in [5, 5.41) is -0.337. The quantitative estimate of drug-likeness (QED) is 0.802. The number of nitrogens with zero attached hydrogens (tertiary/aromatic N) is 1. The van der Waals surface area contributed by atoms with E-state index in [1.807, 2.05) is 30.3 Å². The van der Waals surface area contributed by atoms with Crippen LogP contribution < -0.4 is 0 Å². The van der Waals surface area contributed by atoms with Crippen LogP contribution in [0.25, 0.3) is 6.08 Å². The van der Waals surface area contributed by atoms with Gasteiger partial charge in [-0.3, -0.25) is 14.5 Å². The van der Waals surface area contributed by atoms with Crippen LogP contribution in [0.1, 0.15) is 11.1 Å². The number of carbonyl (C=O) groups is 2. The topological polar surface area (TPSA) is 37.4 Å². The van der Waals surface area contributed by atoms with Crippen LogP contribution >= 0.6 is 11.8 Å². The van der Waals surface area contributed by atoms with E-state index >= 15 is 0 Å². The van der Waals surface area contributed by atoms with Gasteiger partial charge in [0, 0.05) is 5.56 Å². The molecule has 3 nitrogen and oxygen atoms in total. The van der Waals surface area contributed by atoms with Crippen LogP contribution in [0, 0.1) is 5.82 Å². The summed E-state index contributed by atoms with van der Waals surface area (Å²) < 4.78 is 13.6. The van der Waals surface area contributed by atoms with Gasteiger partial charge in [-0.05, 0) is 29.5 Å². The Morgan fingerprint density at radius 2 is 1.68 bits per heavy atom. The van der Waals surface area contributed by atoms with Crippen LogP contribution in [0.3, 0.4) is 0 Å². The first-order valence-corrected chi connectivity index (χ1v) is 7.50. The molecule has 1 aliphatic rings. The van der Waals surface area contributed by atoms with Gasteiger partial charge in [-0.15, -0.1) is 0 Å². The van der Waals surface area contributed by atoms with Gasteiger partial charge in [0.15, 0.2) is 0 Å².